The van der Waals surface area contributed by atoms with Gasteiger partial charge >= 0.3 is 6.18 Å². The van der Waals surface area contributed by atoms with Crippen molar-refractivity contribution >= 4 is 21.4 Å². The summed E-state index contributed by atoms with van der Waals surface area (Å²) in [6, 6.07) is 3.64. The minimum atomic E-state index is -4.59. The Balaban J connectivity index is 2.22. The largest absolute Gasteiger partial charge is 0.416 e. The molecule has 1 heterocycles. The fraction of sp³-hybridized carbons (Fsp3) is 0.308. The molecule has 0 saturated heterocycles. The molecule has 0 fully saturated rings. The van der Waals surface area contributed by atoms with E-state index in [0.29, 0.717) is 11.8 Å². The quantitative estimate of drug-likeness (QED) is 0.921. The van der Waals surface area contributed by atoms with Gasteiger partial charge in [0.25, 0.3) is 0 Å². The van der Waals surface area contributed by atoms with Gasteiger partial charge in [0.05, 0.1) is 21.2 Å². The molecule has 22 heavy (non-hydrogen) atoms. The highest BCUT2D eigenvalue weighted by atomic mass is 32.2. The lowest BCUT2D eigenvalue weighted by atomic mass is 10.2. The zero-order valence-electron chi connectivity index (χ0n) is 11.7. The van der Waals surface area contributed by atoms with E-state index in [1.54, 1.807) is 13.8 Å². The van der Waals surface area contributed by atoms with Gasteiger partial charge in [0.1, 0.15) is 0 Å². The number of rotatable bonds is 4. The van der Waals surface area contributed by atoms with Crippen LogP contribution < -0.4 is 4.72 Å². The molecule has 0 aliphatic carbocycles. The molecule has 2 rings (SSSR count). The van der Waals surface area contributed by atoms with Gasteiger partial charge in [-0.1, -0.05) is 6.07 Å². The zero-order valence-corrected chi connectivity index (χ0v) is 13.4. The van der Waals surface area contributed by atoms with Crippen LogP contribution in [0.4, 0.5) is 13.2 Å². The number of aromatic nitrogens is 1. The molecule has 1 aromatic carbocycles. The summed E-state index contributed by atoms with van der Waals surface area (Å²) in [4.78, 5) is 4.48. The molecule has 120 valence electrons. The summed E-state index contributed by atoms with van der Waals surface area (Å²) < 4.78 is 64.4. The Bertz CT molecular complexity index is 783. The molecule has 1 N–H and O–H groups in total. The van der Waals surface area contributed by atoms with Crippen molar-refractivity contribution in [3.8, 4) is 0 Å². The molecule has 0 aliphatic rings. The van der Waals surface area contributed by atoms with Crippen LogP contribution in [0.15, 0.2) is 29.2 Å². The normalized spacial score (nSPS) is 12.6. The van der Waals surface area contributed by atoms with E-state index in [1.165, 1.54) is 11.3 Å². The van der Waals surface area contributed by atoms with Crippen molar-refractivity contribution in [3.63, 3.8) is 0 Å². The van der Waals surface area contributed by atoms with Crippen molar-refractivity contribution in [2.45, 2.75) is 31.5 Å². The van der Waals surface area contributed by atoms with E-state index >= 15 is 0 Å². The van der Waals surface area contributed by atoms with E-state index in [2.05, 4.69) is 9.71 Å². The number of thiazole rings is 1. The van der Waals surface area contributed by atoms with Crippen molar-refractivity contribution in [1.29, 1.82) is 0 Å². The predicted molar refractivity (Wildman–Crippen MR) is 77.1 cm³/mol. The molecule has 0 atom stereocenters. The lowest BCUT2D eigenvalue weighted by Crippen LogP contribution is -2.23. The third-order valence-electron chi connectivity index (χ3n) is 2.89. The molecular formula is C13H13F3N2O2S2. The van der Waals surface area contributed by atoms with Crippen LogP contribution in [0.1, 0.15) is 21.1 Å². The molecule has 0 saturated carbocycles. The van der Waals surface area contributed by atoms with E-state index in [9.17, 15) is 21.6 Å². The standard InChI is InChI=1S/C13H13F3N2O2S2/c1-8-12(21-9(2)18-8)7-17-22(19,20)11-5-3-4-10(6-11)13(14,15)16/h3-6,17H,7H2,1-2H3. The Hall–Kier alpha value is -1.45. The minimum absolute atomic E-state index is 0.00405. The average Bonchev–Trinajstić information content (AvgIpc) is 2.74. The van der Waals surface area contributed by atoms with E-state index in [0.717, 1.165) is 28.1 Å². The highest BCUT2D eigenvalue weighted by molar-refractivity contribution is 7.89. The van der Waals surface area contributed by atoms with Crippen molar-refractivity contribution < 1.29 is 21.6 Å². The topological polar surface area (TPSA) is 59.1 Å². The predicted octanol–water partition coefficient (Wildman–Crippen LogP) is 3.26. The molecule has 0 unspecified atom stereocenters. The van der Waals surface area contributed by atoms with Gasteiger partial charge in [-0.25, -0.2) is 18.1 Å². The first kappa shape index (κ1) is 16.9. The Morgan fingerprint density at radius 3 is 2.50 bits per heavy atom. The maximum absolute atomic E-state index is 12.6. The van der Waals surface area contributed by atoms with Gasteiger partial charge in [0, 0.05) is 11.4 Å². The average molecular weight is 350 g/mol. The Labute approximate surface area is 130 Å². The van der Waals surface area contributed by atoms with Crippen molar-refractivity contribution in [2.75, 3.05) is 0 Å². The Morgan fingerprint density at radius 2 is 1.95 bits per heavy atom. The molecule has 4 nitrogen and oxygen atoms in total. The van der Waals surface area contributed by atoms with E-state index in [1.807, 2.05) is 0 Å². The van der Waals surface area contributed by atoms with Gasteiger partial charge in [0.2, 0.25) is 10.0 Å². The van der Waals surface area contributed by atoms with Gasteiger partial charge in [-0.3, -0.25) is 0 Å². The first-order chi connectivity index (χ1) is 10.1. The Morgan fingerprint density at radius 1 is 1.27 bits per heavy atom. The van der Waals surface area contributed by atoms with Gasteiger partial charge in [-0.2, -0.15) is 13.2 Å². The number of alkyl halides is 3. The molecular weight excluding hydrogens is 337 g/mol. The lowest BCUT2D eigenvalue weighted by Gasteiger charge is -2.10. The van der Waals surface area contributed by atoms with Crippen molar-refractivity contribution in [2.24, 2.45) is 0 Å². The number of sulfonamides is 1. The molecule has 0 amide bonds. The van der Waals surface area contributed by atoms with Crippen LogP contribution in [0, 0.1) is 13.8 Å². The van der Waals surface area contributed by atoms with Crippen LogP contribution in [0.2, 0.25) is 0 Å². The van der Waals surface area contributed by atoms with Crippen LogP contribution >= 0.6 is 11.3 Å². The van der Waals surface area contributed by atoms with Crippen LogP contribution in [-0.2, 0) is 22.7 Å². The van der Waals surface area contributed by atoms with Gasteiger partial charge < -0.3 is 0 Å². The summed E-state index contributed by atoms with van der Waals surface area (Å²) in [6.45, 7) is 3.54. The summed E-state index contributed by atoms with van der Waals surface area (Å²) in [5.74, 6) is 0. The van der Waals surface area contributed by atoms with Gasteiger partial charge in [-0.15, -0.1) is 11.3 Å². The zero-order chi connectivity index (χ0) is 16.5. The maximum Gasteiger partial charge on any atom is 0.416 e. The minimum Gasteiger partial charge on any atom is -0.247 e. The van der Waals surface area contributed by atoms with E-state index in [-0.39, 0.29) is 6.54 Å². The summed E-state index contributed by atoms with van der Waals surface area (Å²) in [5, 5.41) is 0.797. The first-order valence-electron chi connectivity index (χ1n) is 6.19. The molecule has 2 aromatic rings. The van der Waals surface area contributed by atoms with Gasteiger partial charge in [0.15, 0.2) is 0 Å². The van der Waals surface area contributed by atoms with E-state index < -0.39 is 26.7 Å². The van der Waals surface area contributed by atoms with Crippen molar-refractivity contribution in [3.05, 3.63) is 45.4 Å². The molecule has 9 heteroatoms. The number of hydrogen-bond acceptors (Lipinski definition) is 4. The first-order valence-corrected chi connectivity index (χ1v) is 8.49. The third-order valence-corrected chi connectivity index (χ3v) is 5.37. The fourth-order valence-electron chi connectivity index (χ4n) is 1.82. The van der Waals surface area contributed by atoms with Crippen LogP contribution in [0.25, 0.3) is 0 Å². The molecule has 0 spiro atoms. The van der Waals surface area contributed by atoms with Crippen LogP contribution in [0.5, 0.6) is 0 Å². The second-order valence-corrected chi connectivity index (χ2v) is 7.65. The lowest BCUT2D eigenvalue weighted by molar-refractivity contribution is -0.137. The second kappa shape index (κ2) is 5.98. The van der Waals surface area contributed by atoms with Crippen LogP contribution in [-0.4, -0.2) is 13.4 Å². The third kappa shape index (κ3) is 3.84. The SMILES string of the molecule is Cc1nc(C)c(CNS(=O)(=O)c2cccc(C(F)(F)F)c2)s1. The van der Waals surface area contributed by atoms with Gasteiger partial charge in [-0.05, 0) is 32.0 Å². The summed E-state index contributed by atoms with van der Waals surface area (Å²) in [5.41, 5.74) is -0.297. The van der Waals surface area contributed by atoms with Crippen molar-refractivity contribution in [1.82, 2.24) is 9.71 Å². The summed E-state index contributed by atoms with van der Waals surface area (Å²) in [6.07, 6.45) is -4.59. The number of benzene rings is 1. The molecule has 1 aromatic heterocycles. The molecule has 0 bridgehead atoms. The maximum atomic E-state index is 12.6. The number of aryl methyl sites for hydroxylation is 2. The van der Waals surface area contributed by atoms with Crippen LogP contribution in [0.3, 0.4) is 0 Å². The second-order valence-electron chi connectivity index (χ2n) is 4.59. The summed E-state index contributed by atoms with van der Waals surface area (Å²) >= 11 is 1.34. The molecule has 0 aliphatic heterocycles. The smallest absolute Gasteiger partial charge is 0.247 e. The monoisotopic (exact) mass is 350 g/mol. The number of hydrogen-bond donors (Lipinski definition) is 1. The number of nitrogens with one attached hydrogen (secondary N) is 1. The highest BCUT2D eigenvalue weighted by Crippen LogP contribution is 2.30. The fourth-order valence-corrected chi connectivity index (χ4v) is 3.83. The Kier molecular flexibility index (Phi) is 4.59. The van der Waals surface area contributed by atoms with E-state index in [4.69, 9.17) is 0 Å². The summed E-state index contributed by atoms with van der Waals surface area (Å²) in [7, 11) is -4.02. The number of halogens is 3. The number of nitrogens with zero attached hydrogens (tertiary/aromatic N) is 1. The highest BCUT2D eigenvalue weighted by Gasteiger charge is 2.31. The molecule has 0 radical (unpaired) electrons.